The molecule has 0 spiro atoms. The van der Waals surface area contributed by atoms with E-state index in [1.807, 2.05) is 0 Å². The molecule has 0 atom stereocenters. The van der Waals surface area contributed by atoms with Crippen molar-refractivity contribution in [3.63, 3.8) is 0 Å². The van der Waals surface area contributed by atoms with E-state index in [1.54, 1.807) is 0 Å². The van der Waals surface area contributed by atoms with Crippen molar-refractivity contribution >= 4 is 20.2 Å². The largest absolute Gasteiger partial charge is 0.332 e. The summed E-state index contributed by atoms with van der Waals surface area (Å²) in [7, 11) is -8.48. The fraction of sp³-hybridized carbons (Fsp3) is 0.500. The summed E-state index contributed by atoms with van der Waals surface area (Å²) in [5, 5.41) is 0. The van der Waals surface area contributed by atoms with Crippen LogP contribution < -0.4 is 4.72 Å². The van der Waals surface area contributed by atoms with Crippen molar-refractivity contribution in [2.45, 2.75) is 42.4 Å². The van der Waals surface area contributed by atoms with Crippen molar-refractivity contribution in [2.24, 2.45) is 0 Å². The third-order valence-electron chi connectivity index (χ3n) is 2.74. The second kappa shape index (κ2) is 7.14. The number of sulfonamides is 1. The topological polar surface area (TPSA) is 80.3 Å². The molecule has 0 bridgehead atoms. The summed E-state index contributed by atoms with van der Waals surface area (Å²) in [6, 6.07) is 4.00. The van der Waals surface area contributed by atoms with Crippen LogP contribution in [0.5, 0.6) is 0 Å². The van der Waals surface area contributed by atoms with Gasteiger partial charge in [0.15, 0.2) is 0 Å². The smallest absolute Gasteiger partial charge is 0.211 e. The molecule has 0 fully saturated rings. The highest BCUT2D eigenvalue weighted by atomic mass is 32.3. The van der Waals surface area contributed by atoms with Gasteiger partial charge in [-0.05, 0) is 30.7 Å². The van der Waals surface area contributed by atoms with Crippen molar-refractivity contribution in [3.05, 3.63) is 24.3 Å². The minimum atomic E-state index is -4.81. The fourth-order valence-corrected chi connectivity index (χ4v) is 3.16. The number of unbranched alkanes of at least 4 members (excludes halogenated alkanes) is 3. The van der Waals surface area contributed by atoms with E-state index in [-0.39, 0.29) is 4.90 Å². The Morgan fingerprint density at radius 2 is 1.50 bits per heavy atom. The molecular weight excluding hydrogens is 305 g/mol. The van der Waals surface area contributed by atoms with Gasteiger partial charge in [0.05, 0.1) is 9.79 Å². The monoisotopic (exact) mass is 323 g/mol. The Morgan fingerprint density at radius 1 is 0.950 bits per heavy atom. The summed E-state index contributed by atoms with van der Waals surface area (Å²) < 4.78 is 60.1. The molecule has 1 N–H and O–H groups in total. The van der Waals surface area contributed by atoms with Crippen LogP contribution in [-0.4, -0.2) is 23.4 Å². The SMILES string of the molecule is CCCCCCNS(=O)(=O)c1ccc(S(=O)(=O)F)cc1. The molecule has 8 heteroatoms. The molecule has 0 aliphatic heterocycles. The highest BCUT2D eigenvalue weighted by Gasteiger charge is 2.16. The molecule has 0 saturated heterocycles. The molecule has 0 aliphatic carbocycles. The fourth-order valence-electron chi connectivity index (χ4n) is 1.62. The average Bonchev–Trinajstić information content (AvgIpc) is 2.37. The van der Waals surface area contributed by atoms with Crippen LogP contribution in [0.2, 0.25) is 0 Å². The molecule has 0 aromatic heterocycles. The standard InChI is InChI=1S/C12H18FNO4S2/c1-2-3-4-5-10-14-20(17,18)12-8-6-11(7-9-12)19(13,15)16/h6-9,14H,2-5,10H2,1H3. The minimum absolute atomic E-state index is 0.0830. The van der Waals surface area contributed by atoms with E-state index in [0.29, 0.717) is 6.54 Å². The van der Waals surface area contributed by atoms with Gasteiger partial charge in [-0.2, -0.15) is 8.42 Å². The highest BCUT2D eigenvalue weighted by Crippen LogP contribution is 2.16. The van der Waals surface area contributed by atoms with Gasteiger partial charge in [0, 0.05) is 6.54 Å². The summed E-state index contributed by atoms with van der Waals surface area (Å²) in [6.07, 6.45) is 3.79. The summed E-state index contributed by atoms with van der Waals surface area (Å²) in [6.45, 7) is 2.39. The number of rotatable bonds is 8. The quantitative estimate of drug-likeness (QED) is 0.587. The lowest BCUT2D eigenvalue weighted by molar-refractivity contribution is 0.551. The molecule has 0 unspecified atom stereocenters. The molecule has 1 aromatic carbocycles. The van der Waals surface area contributed by atoms with Crippen LogP contribution in [0.4, 0.5) is 3.89 Å². The average molecular weight is 323 g/mol. The Kier molecular flexibility index (Phi) is 6.09. The Bertz CT molecular complexity index is 624. The Labute approximate surface area is 119 Å². The van der Waals surface area contributed by atoms with Gasteiger partial charge in [-0.25, -0.2) is 13.1 Å². The van der Waals surface area contributed by atoms with Gasteiger partial charge in [0.2, 0.25) is 10.0 Å². The first-order valence-corrected chi connectivity index (χ1v) is 9.18. The van der Waals surface area contributed by atoms with Crippen molar-refractivity contribution in [3.8, 4) is 0 Å². The van der Waals surface area contributed by atoms with Crippen molar-refractivity contribution in [1.82, 2.24) is 4.72 Å². The van der Waals surface area contributed by atoms with E-state index in [4.69, 9.17) is 0 Å². The van der Waals surface area contributed by atoms with E-state index < -0.39 is 25.1 Å². The third kappa shape index (κ3) is 5.18. The van der Waals surface area contributed by atoms with E-state index >= 15 is 0 Å². The predicted molar refractivity (Wildman–Crippen MR) is 74.1 cm³/mol. The number of halogens is 1. The maximum absolute atomic E-state index is 12.7. The lowest BCUT2D eigenvalue weighted by Crippen LogP contribution is -2.24. The van der Waals surface area contributed by atoms with E-state index in [2.05, 4.69) is 11.6 Å². The van der Waals surface area contributed by atoms with Gasteiger partial charge in [0.25, 0.3) is 0 Å². The minimum Gasteiger partial charge on any atom is -0.211 e. The first kappa shape index (κ1) is 17.1. The Balaban J connectivity index is 2.69. The molecule has 0 amide bonds. The van der Waals surface area contributed by atoms with E-state index in [9.17, 15) is 20.7 Å². The molecule has 0 heterocycles. The number of benzene rings is 1. The zero-order valence-corrected chi connectivity index (χ0v) is 12.8. The molecule has 5 nitrogen and oxygen atoms in total. The normalized spacial score (nSPS) is 12.5. The zero-order chi connectivity index (χ0) is 15.2. The van der Waals surface area contributed by atoms with E-state index in [1.165, 1.54) is 0 Å². The third-order valence-corrected chi connectivity index (χ3v) is 5.05. The molecular formula is C12H18FNO4S2. The maximum Gasteiger partial charge on any atom is 0.332 e. The molecule has 0 radical (unpaired) electrons. The van der Waals surface area contributed by atoms with Gasteiger partial charge in [0.1, 0.15) is 0 Å². The van der Waals surface area contributed by atoms with Crippen LogP contribution in [0, 0.1) is 0 Å². The highest BCUT2D eigenvalue weighted by molar-refractivity contribution is 7.89. The van der Waals surface area contributed by atoms with Crippen molar-refractivity contribution < 1.29 is 20.7 Å². The van der Waals surface area contributed by atoms with Gasteiger partial charge >= 0.3 is 10.2 Å². The summed E-state index contributed by atoms with van der Waals surface area (Å²) in [5.41, 5.74) is 0. The van der Waals surface area contributed by atoms with Gasteiger partial charge < -0.3 is 0 Å². The molecule has 20 heavy (non-hydrogen) atoms. The van der Waals surface area contributed by atoms with Gasteiger partial charge in [-0.3, -0.25) is 0 Å². The maximum atomic E-state index is 12.7. The molecule has 1 rings (SSSR count). The summed E-state index contributed by atoms with van der Waals surface area (Å²) >= 11 is 0. The number of nitrogens with one attached hydrogen (secondary N) is 1. The van der Waals surface area contributed by atoms with Crippen molar-refractivity contribution in [2.75, 3.05) is 6.54 Å². The molecule has 0 aliphatic rings. The zero-order valence-electron chi connectivity index (χ0n) is 11.2. The summed E-state index contributed by atoms with van der Waals surface area (Å²) in [4.78, 5) is -0.639. The Morgan fingerprint density at radius 3 is 2.00 bits per heavy atom. The van der Waals surface area contributed by atoms with Crippen LogP contribution in [0.15, 0.2) is 34.1 Å². The van der Waals surface area contributed by atoms with Crippen LogP contribution in [0.3, 0.4) is 0 Å². The summed E-state index contributed by atoms with van der Waals surface area (Å²) in [5.74, 6) is 0. The van der Waals surface area contributed by atoms with Gasteiger partial charge in [-0.1, -0.05) is 26.2 Å². The molecule has 0 saturated carbocycles. The van der Waals surface area contributed by atoms with E-state index in [0.717, 1.165) is 49.9 Å². The lowest BCUT2D eigenvalue weighted by Gasteiger charge is -2.06. The first-order valence-electron chi connectivity index (χ1n) is 6.32. The number of hydrogen-bond acceptors (Lipinski definition) is 4. The Hall–Kier alpha value is -0.990. The first-order chi connectivity index (χ1) is 9.27. The van der Waals surface area contributed by atoms with Crippen LogP contribution in [-0.2, 0) is 20.2 Å². The van der Waals surface area contributed by atoms with Gasteiger partial charge in [-0.15, -0.1) is 3.89 Å². The predicted octanol–water partition coefficient (Wildman–Crippen LogP) is 2.20. The second-order valence-corrected chi connectivity index (χ2v) is 7.48. The lowest BCUT2D eigenvalue weighted by atomic mass is 10.2. The van der Waals surface area contributed by atoms with Crippen molar-refractivity contribution in [1.29, 1.82) is 0 Å². The van der Waals surface area contributed by atoms with Crippen LogP contribution >= 0.6 is 0 Å². The number of hydrogen-bond donors (Lipinski definition) is 1. The molecule has 1 aromatic rings. The second-order valence-electron chi connectivity index (χ2n) is 4.37. The van der Waals surface area contributed by atoms with Crippen LogP contribution in [0.1, 0.15) is 32.6 Å². The molecule has 114 valence electrons. The van der Waals surface area contributed by atoms with Crippen LogP contribution in [0.25, 0.3) is 0 Å².